The molecule has 0 spiro atoms. The summed E-state index contributed by atoms with van der Waals surface area (Å²) in [5.41, 5.74) is 4.71. The van der Waals surface area contributed by atoms with Gasteiger partial charge in [0, 0.05) is 60.3 Å². The molecule has 166 valence electrons. The van der Waals surface area contributed by atoms with Crippen LogP contribution in [0.1, 0.15) is 27.2 Å². The van der Waals surface area contributed by atoms with Crippen molar-refractivity contribution in [2.75, 3.05) is 25.1 Å². The molecule has 1 saturated heterocycles. The number of pyridine rings is 2. The van der Waals surface area contributed by atoms with Gasteiger partial charge in [0.15, 0.2) is 5.65 Å². The number of nitrogens with one attached hydrogen (secondary N) is 1. The summed E-state index contributed by atoms with van der Waals surface area (Å²) >= 11 is 0. The molecule has 0 aliphatic carbocycles. The van der Waals surface area contributed by atoms with Gasteiger partial charge in [-0.25, -0.2) is 9.97 Å². The molecule has 7 nitrogen and oxygen atoms in total. The molecule has 1 N–H and O–H groups in total. The predicted molar refractivity (Wildman–Crippen MR) is 129 cm³/mol. The van der Waals surface area contributed by atoms with Gasteiger partial charge in [0.1, 0.15) is 5.75 Å². The van der Waals surface area contributed by atoms with Crippen molar-refractivity contribution >= 4 is 27.6 Å². The molecular formula is C25H30N6O. The number of nitrogens with zero attached hydrogens (tertiary/aromatic N) is 5. The van der Waals surface area contributed by atoms with Crippen molar-refractivity contribution in [2.24, 2.45) is 7.05 Å². The third-order valence-electron chi connectivity index (χ3n) is 5.93. The summed E-state index contributed by atoms with van der Waals surface area (Å²) in [6.45, 7) is 8.69. The Morgan fingerprint density at radius 3 is 2.75 bits per heavy atom. The Hall–Kier alpha value is -3.19. The Labute approximate surface area is 188 Å². The molecule has 1 aliphatic heterocycles. The SMILES string of the molecule is COc1cc2nn(C)cc2cc1-c1ccc2cc(N3CCC(NC(C)(C)C)C3)cnc2n1. The van der Waals surface area contributed by atoms with E-state index in [4.69, 9.17) is 14.7 Å². The number of methoxy groups -OCH3 is 1. The van der Waals surface area contributed by atoms with Crippen molar-refractivity contribution in [3.63, 3.8) is 0 Å². The Morgan fingerprint density at radius 1 is 1.12 bits per heavy atom. The van der Waals surface area contributed by atoms with Gasteiger partial charge in [-0.15, -0.1) is 0 Å². The van der Waals surface area contributed by atoms with Crippen molar-refractivity contribution in [1.29, 1.82) is 0 Å². The van der Waals surface area contributed by atoms with E-state index in [-0.39, 0.29) is 5.54 Å². The molecule has 7 heteroatoms. The van der Waals surface area contributed by atoms with E-state index in [1.807, 2.05) is 36.3 Å². The fourth-order valence-corrected chi connectivity index (χ4v) is 4.59. The molecule has 1 aliphatic rings. The Morgan fingerprint density at radius 2 is 1.97 bits per heavy atom. The van der Waals surface area contributed by atoms with Crippen LogP contribution in [0.25, 0.3) is 33.2 Å². The lowest BCUT2D eigenvalue weighted by atomic mass is 10.1. The second kappa shape index (κ2) is 7.74. The Bertz CT molecular complexity index is 1290. The second-order valence-electron chi connectivity index (χ2n) is 9.68. The number of hydrogen-bond acceptors (Lipinski definition) is 6. The van der Waals surface area contributed by atoms with Gasteiger partial charge < -0.3 is 15.0 Å². The number of rotatable bonds is 4. The van der Waals surface area contributed by atoms with Crippen LogP contribution in [0, 0.1) is 0 Å². The maximum absolute atomic E-state index is 5.64. The van der Waals surface area contributed by atoms with Crippen LogP contribution in [0.5, 0.6) is 5.75 Å². The van der Waals surface area contributed by atoms with Crippen LogP contribution in [0.3, 0.4) is 0 Å². The summed E-state index contributed by atoms with van der Waals surface area (Å²) in [4.78, 5) is 12.0. The highest BCUT2D eigenvalue weighted by atomic mass is 16.5. The first-order valence-electron chi connectivity index (χ1n) is 11.1. The van der Waals surface area contributed by atoms with Gasteiger partial charge in [-0.3, -0.25) is 4.68 Å². The normalized spacial score (nSPS) is 16.9. The summed E-state index contributed by atoms with van der Waals surface area (Å²) in [5.74, 6) is 0.758. The number of aryl methyl sites for hydroxylation is 1. The predicted octanol–water partition coefficient (Wildman–Crippen LogP) is 4.16. The van der Waals surface area contributed by atoms with E-state index in [2.05, 4.69) is 54.3 Å². The largest absolute Gasteiger partial charge is 0.496 e. The van der Waals surface area contributed by atoms with Gasteiger partial charge in [-0.05, 0) is 51.5 Å². The smallest absolute Gasteiger partial charge is 0.159 e. The van der Waals surface area contributed by atoms with Crippen LogP contribution < -0.4 is 15.0 Å². The molecule has 1 aromatic carbocycles. The lowest BCUT2D eigenvalue weighted by Gasteiger charge is -2.26. The highest BCUT2D eigenvalue weighted by Gasteiger charge is 2.26. The maximum Gasteiger partial charge on any atom is 0.159 e. The van der Waals surface area contributed by atoms with Crippen LogP contribution in [-0.2, 0) is 7.05 Å². The highest BCUT2D eigenvalue weighted by Crippen LogP contribution is 2.34. The molecule has 1 fully saturated rings. The second-order valence-corrected chi connectivity index (χ2v) is 9.68. The van der Waals surface area contributed by atoms with Gasteiger partial charge in [0.05, 0.1) is 30.2 Å². The minimum absolute atomic E-state index is 0.127. The molecule has 0 radical (unpaired) electrons. The molecule has 1 unspecified atom stereocenters. The van der Waals surface area contributed by atoms with E-state index < -0.39 is 0 Å². The molecule has 4 heterocycles. The van der Waals surface area contributed by atoms with Gasteiger partial charge in [0.25, 0.3) is 0 Å². The van der Waals surface area contributed by atoms with Gasteiger partial charge in [0.2, 0.25) is 0 Å². The molecule has 5 rings (SSSR count). The molecule has 0 amide bonds. The maximum atomic E-state index is 5.64. The molecule has 3 aromatic heterocycles. The monoisotopic (exact) mass is 430 g/mol. The Kier molecular flexibility index (Phi) is 5.01. The molecule has 0 bridgehead atoms. The zero-order valence-electron chi connectivity index (χ0n) is 19.4. The molecule has 32 heavy (non-hydrogen) atoms. The van der Waals surface area contributed by atoms with Crippen molar-refractivity contribution < 1.29 is 4.74 Å². The fourth-order valence-electron chi connectivity index (χ4n) is 4.59. The van der Waals surface area contributed by atoms with Crippen LogP contribution >= 0.6 is 0 Å². The topological polar surface area (TPSA) is 68.1 Å². The first-order chi connectivity index (χ1) is 15.3. The lowest BCUT2D eigenvalue weighted by molar-refractivity contribution is 0.373. The van der Waals surface area contributed by atoms with E-state index >= 15 is 0 Å². The summed E-state index contributed by atoms with van der Waals surface area (Å²) in [6.07, 6.45) is 5.09. The average Bonchev–Trinajstić information content (AvgIpc) is 3.35. The van der Waals surface area contributed by atoms with Crippen molar-refractivity contribution in [3.05, 3.63) is 42.7 Å². The van der Waals surface area contributed by atoms with Gasteiger partial charge >= 0.3 is 0 Å². The van der Waals surface area contributed by atoms with Crippen LogP contribution in [0.2, 0.25) is 0 Å². The van der Waals surface area contributed by atoms with E-state index in [1.54, 1.807) is 7.11 Å². The minimum Gasteiger partial charge on any atom is -0.496 e. The zero-order chi connectivity index (χ0) is 22.5. The summed E-state index contributed by atoms with van der Waals surface area (Å²) in [6, 6.07) is 10.9. The fraction of sp³-hybridized carbons (Fsp3) is 0.400. The highest BCUT2D eigenvalue weighted by molar-refractivity contribution is 5.89. The Balaban J connectivity index is 1.44. The third-order valence-corrected chi connectivity index (χ3v) is 5.93. The van der Waals surface area contributed by atoms with E-state index in [1.165, 1.54) is 0 Å². The van der Waals surface area contributed by atoms with Crippen molar-refractivity contribution in [2.45, 2.75) is 38.8 Å². The average molecular weight is 431 g/mol. The van der Waals surface area contributed by atoms with E-state index in [0.29, 0.717) is 6.04 Å². The standard InChI is InChI=1S/C25H30N6O/c1-25(2,3)28-18-8-9-31(15-18)19-10-16-6-7-21(27-24(16)26-13-19)20-11-17-14-30(4)29-22(17)12-23(20)32-5/h6-7,10-14,18,28H,8-9,15H2,1-5H3. The molecule has 1 atom stereocenters. The summed E-state index contributed by atoms with van der Waals surface area (Å²) in [7, 11) is 3.60. The number of ether oxygens (including phenoxy) is 1. The molecule has 4 aromatic rings. The lowest BCUT2D eigenvalue weighted by Crippen LogP contribution is -2.44. The summed E-state index contributed by atoms with van der Waals surface area (Å²) in [5, 5.41) is 10.3. The number of fused-ring (bicyclic) bond motifs is 2. The number of anilines is 1. The van der Waals surface area contributed by atoms with Crippen LogP contribution in [0.4, 0.5) is 5.69 Å². The number of hydrogen-bond donors (Lipinski definition) is 1. The first-order valence-corrected chi connectivity index (χ1v) is 11.1. The van der Waals surface area contributed by atoms with Crippen LogP contribution in [-0.4, -0.2) is 51.5 Å². The molecule has 0 saturated carbocycles. The first kappa shape index (κ1) is 20.7. The quantitative estimate of drug-likeness (QED) is 0.524. The van der Waals surface area contributed by atoms with Gasteiger partial charge in [-0.1, -0.05) is 0 Å². The van der Waals surface area contributed by atoms with Crippen molar-refractivity contribution in [3.8, 4) is 17.0 Å². The summed E-state index contributed by atoms with van der Waals surface area (Å²) < 4.78 is 7.45. The van der Waals surface area contributed by atoms with E-state index in [9.17, 15) is 0 Å². The molecular weight excluding hydrogens is 400 g/mol. The van der Waals surface area contributed by atoms with Crippen LogP contribution in [0.15, 0.2) is 42.7 Å². The van der Waals surface area contributed by atoms with Gasteiger partial charge in [-0.2, -0.15) is 5.10 Å². The number of benzene rings is 1. The zero-order valence-corrected chi connectivity index (χ0v) is 19.4. The number of aromatic nitrogens is 4. The van der Waals surface area contributed by atoms with E-state index in [0.717, 1.165) is 64.1 Å². The van der Waals surface area contributed by atoms with Crippen molar-refractivity contribution in [1.82, 2.24) is 25.1 Å². The third kappa shape index (κ3) is 4.00. The minimum atomic E-state index is 0.127.